The first-order valence-electron chi connectivity index (χ1n) is 8.42. The number of benzene rings is 1. The van der Waals surface area contributed by atoms with E-state index in [0.717, 1.165) is 5.69 Å². The summed E-state index contributed by atoms with van der Waals surface area (Å²) in [6.45, 7) is 6.06. The van der Waals surface area contributed by atoms with E-state index in [9.17, 15) is 13.2 Å². The number of hydrogen-bond acceptors (Lipinski definition) is 4. The quantitative estimate of drug-likeness (QED) is 0.862. The van der Waals surface area contributed by atoms with Crippen LogP contribution in [0.1, 0.15) is 49.3 Å². The third-order valence-electron chi connectivity index (χ3n) is 4.39. The Kier molecular flexibility index (Phi) is 4.88. The molecule has 2 aromatic rings. The van der Waals surface area contributed by atoms with Crippen molar-refractivity contribution in [1.29, 1.82) is 0 Å². The van der Waals surface area contributed by atoms with Gasteiger partial charge in [-0.15, -0.1) is 0 Å². The van der Waals surface area contributed by atoms with Gasteiger partial charge in [0.15, 0.2) is 9.84 Å². The highest BCUT2D eigenvalue weighted by molar-refractivity contribution is 7.91. The van der Waals surface area contributed by atoms with Gasteiger partial charge < -0.3 is 5.32 Å². The van der Waals surface area contributed by atoms with Gasteiger partial charge in [0, 0.05) is 22.1 Å². The Morgan fingerprint density at radius 1 is 1.31 bits per heavy atom. The first-order valence-corrected chi connectivity index (χ1v) is 10.6. The lowest BCUT2D eigenvalue weighted by molar-refractivity contribution is 0.102. The number of nitrogens with zero attached hydrogens (tertiary/aromatic N) is 2. The minimum atomic E-state index is -3.06. The monoisotopic (exact) mass is 395 g/mol. The first kappa shape index (κ1) is 18.9. The smallest absolute Gasteiger partial charge is 0.256 e. The van der Waals surface area contributed by atoms with Crippen LogP contribution in [-0.2, 0) is 15.3 Å². The summed E-state index contributed by atoms with van der Waals surface area (Å²) in [6.07, 6.45) is 0.494. The van der Waals surface area contributed by atoms with Gasteiger partial charge >= 0.3 is 0 Å². The van der Waals surface area contributed by atoms with Crippen LogP contribution in [0.25, 0.3) is 0 Å². The van der Waals surface area contributed by atoms with E-state index < -0.39 is 9.84 Å². The summed E-state index contributed by atoms with van der Waals surface area (Å²) in [5.41, 5.74) is 1.00. The fraction of sp³-hybridized carbons (Fsp3) is 0.444. The summed E-state index contributed by atoms with van der Waals surface area (Å²) in [5.74, 6) is 0.375. The highest BCUT2D eigenvalue weighted by Crippen LogP contribution is 2.31. The Bertz CT molecular complexity index is 945. The summed E-state index contributed by atoms with van der Waals surface area (Å²) >= 11 is 5.96. The zero-order valence-corrected chi connectivity index (χ0v) is 16.6. The number of amides is 1. The van der Waals surface area contributed by atoms with Gasteiger partial charge in [-0.25, -0.2) is 13.1 Å². The molecule has 0 spiro atoms. The molecule has 3 rings (SSSR count). The summed E-state index contributed by atoms with van der Waals surface area (Å²) in [4.78, 5) is 12.6. The molecule has 0 unspecified atom stereocenters. The Hall–Kier alpha value is -1.86. The van der Waals surface area contributed by atoms with Crippen molar-refractivity contribution in [2.24, 2.45) is 0 Å². The zero-order chi connectivity index (χ0) is 19.1. The van der Waals surface area contributed by atoms with Crippen LogP contribution in [0.2, 0.25) is 5.02 Å². The largest absolute Gasteiger partial charge is 0.307 e. The molecule has 1 N–H and O–H groups in total. The lowest BCUT2D eigenvalue weighted by Crippen LogP contribution is -2.20. The number of nitrogens with one attached hydrogen (secondary N) is 1. The second-order valence-electron chi connectivity index (χ2n) is 7.63. The molecule has 1 aromatic carbocycles. The Morgan fingerprint density at radius 2 is 2.04 bits per heavy atom. The van der Waals surface area contributed by atoms with E-state index in [1.54, 1.807) is 28.9 Å². The minimum Gasteiger partial charge on any atom is -0.307 e. The van der Waals surface area contributed by atoms with Crippen molar-refractivity contribution in [3.8, 4) is 0 Å². The molecule has 26 heavy (non-hydrogen) atoms. The molecule has 2 heterocycles. The van der Waals surface area contributed by atoms with Gasteiger partial charge in [0.2, 0.25) is 0 Å². The van der Waals surface area contributed by atoms with Gasteiger partial charge in [0.25, 0.3) is 5.91 Å². The zero-order valence-electron chi connectivity index (χ0n) is 15.0. The number of halogens is 1. The molecular weight excluding hydrogens is 374 g/mol. The average Bonchev–Trinajstić information content (AvgIpc) is 3.10. The highest BCUT2D eigenvalue weighted by atomic mass is 35.5. The van der Waals surface area contributed by atoms with Crippen molar-refractivity contribution in [3.63, 3.8) is 0 Å². The van der Waals surface area contributed by atoms with Gasteiger partial charge in [0.05, 0.1) is 23.2 Å². The summed E-state index contributed by atoms with van der Waals surface area (Å²) in [7, 11) is -3.06. The molecule has 1 amide bonds. The number of carbonyl (C=O) groups excluding carboxylic acids is 1. The average molecular weight is 396 g/mol. The maximum absolute atomic E-state index is 12.6. The van der Waals surface area contributed by atoms with E-state index in [2.05, 4.69) is 10.4 Å². The molecule has 1 aliphatic rings. The molecule has 6 nitrogen and oxygen atoms in total. The van der Waals surface area contributed by atoms with Crippen LogP contribution in [-0.4, -0.2) is 35.6 Å². The molecule has 1 fully saturated rings. The topological polar surface area (TPSA) is 81.1 Å². The molecule has 1 atom stereocenters. The number of aromatic nitrogens is 2. The molecule has 8 heteroatoms. The first-order chi connectivity index (χ1) is 12.0. The number of hydrogen-bond donors (Lipinski definition) is 1. The third kappa shape index (κ3) is 4.10. The van der Waals surface area contributed by atoms with Crippen LogP contribution >= 0.6 is 11.6 Å². The normalized spacial score (nSPS) is 19.5. The standard InChI is InChI=1S/C18H22ClN3O3S/c1-18(2,3)15-10-16(20-17(23)12-5-4-6-13(19)9-12)22(21-15)14-7-8-26(24,25)11-14/h4-6,9-10,14H,7-8,11H2,1-3H3,(H,20,23)/t14-/m1/s1. The Labute approximate surface area is 158 Å². The highest BCUT2D eigenvalue weighted by Gasteiger charge is 2.33. The van der Waals surface area contributed by atoms with Crippen molar-refractivity contribution in [1.82, 2.24) is 9.78 Å². The van der Waals surface area contributed by atoms with E-state index in [1.165, 1.54) is 0 Å². The van der Waals surface area contributed by atoms with Crippen molar-refractivity contribution < 1.29 is 13.2 Å². The SMILES string of the molecule is CC(C)(C)c1cc(NC(=O)c2cccc(Cl)c2)n([C@@H]2CCS(=O)(=O)C2)n1. The Balaban J connectivity index is 1.94. The predicted octanol–water partition coefficient (Wildman–Crippen LogP) is 3.45. The van der Waals surface area contributed by atoms with Crippen LogP contribution in [0.15, 0.2) is 30.3 Å². The molecule has 1 aliphatic heterocycles. The van der Waals surface area contributed by atoms with Crippen LogP contribution in [0.5, 0.6) is 0 Å². The lowest BCUT2D eigenvalue weighted by Gasteiger charge is -2.15. The molecule has 0 bridgehead atoms. The number of sulfone groups is 1. The van der Waals surface area contributed by atoms with Crippen LogP contribution < -0.4 is 5.32 Å². The molecular formula is C18H22ClN3O3S. The van der Waals surface area contributed by atoms with Crippen molar-refractivity contribution in [2.45, 2.75) is 38.6 Å². The molecule has 0 saturated carbocycles. The second kappa shape index (κ2) is 6.70. The summed E-state index contributed by atoms with van der Waals surface area (Å²) in [6, 6.07) is 8.20. The molecule has 140 valence electrons. The van der Waals surface area contributed by atoms with Gasteiger partial charge in [-0.05, 0) is 24.6 Å². The van der Waals surface area contributed by atoms with Crippen molar-refractivity contribution >= 4 is 33.2 Å². The van der Waals surface area contributed by atoms with E-state index in [-0.39, 0.29) is 28.9 Å². The Morgan fingerprint density at radius 3 is 2.62 bits per heavy atom. The minimum absolute atomic E-state index is 0.0400. The van der Waals surface area contributed by atoms with Crippen LogP contribution in [0, 0.1) is 0 Å². The van der Waals surface area contributed by atoms with E-state index in [1.807, 2.05) is 26.8 Å². The van der Waals surface area contributed by atoms with Gasteiger partial charge in [-0.2, -0.15) is 5.10 Å². The van der Waals surface area contributed by atoms with Crippen molar-refractivity contribution in [2.75, 3.05) is 16.8 Å². The predicted molar refractivity (Wildman–Crippen MR) is 103 cm³/mol. The van der Waals surface area contributed by atoms with Crippen LogP contribution in [0.4, 0.5) is 5.82 Å². The maximum atomic E-state index is 12.6. The number of carbonyl (C=O) groups is 1. The maximum Gasteiger partial charge on any atom is 0.256 e. The number of rotatable bonds is 3. The van der Waals surface area contributed by atoms with E-state index in [0.29, 0.717) is 22.8 Å². The lowest BCUT2D eigenvalue weighted by atomic mass is 9.92. The van der Waals surface area contributed by atoms with Crippen molar-refractivity contribution in [3.05, 3.63) is 46.6 Å². The summed E-state index contributed by atoms with van der Waals surface area (Å²) < 4.78 is 25.4. The third-order valence-corrected chi connectivity index (χ3v) is 6.37. The molecule has 1 aromatic heterocycles. The summed E-state index contributed by atoms with van der Waals surface area (Å²) in [5, 5.41) is 7.94. The molecule has 1 saturated heterocycles. The van der Waals surface area contributed by atoms with E-state index in [4.69, 9.17) is 11.6 Å². The van der Waals surface area contributed by atoms with E-state index >= 15 is 0 Å². The fourth-order valence-corrected chi connectivity index (χ4v) is 4.80. The number of anilines is 1. The molecule has 0 radical (unpaired) electrons. The van der Waals surface area contributed by atoms with Gasteiger partial charge in [-0.1, -0.05) is 38.4 Å². The van der Waals surface area contributed by atoms with Gasteiger partial charge in [-0.3, -0.25) is 4.79 Å². The molecule has 0 aliphatic carbocycles. The van der Waals surface area contributed by atoms with Crippen LogP contribution in [0.3, 0.4) is 0 Å². The fourth-order valence-electron chi connectivity index (χ4n) is 2.92. The van der Waals surface area contributed by atoms with Gasteiger partial charge in [0.1, 0.15) is 5.82 Å². The second-order valence-corrected chi connectivity index (χ2v) is 10.3.